The number of furan rings is 1. The second-order valence-electron chi connectivity index (χ2n) is 5.07. The molecule has 0 aliphatic heterocycles. The lowest BCUT2D eigenvalue weighted by molar-refractivity contribution is -0.00342. The number of hydrogen-bond donors (Lipinski definition) is 2. The summed E-state index contributed by atoms with van der Waals surface area (Å²) in [4.78, 5) is 11.9. The predicted octanol–water partition coefficient (Wildman–Crippen LogP) is 1.87. The smallest absolute Gasteiger partial charge is 0.287 e. The molecule has 0 fully saturated rings. The largest absolute Gasteiger partial charge is 0.459 e. The van der Waals surface area contributed by atoms with Gasteiger partial charge >= 0.3 is 0 Å². The van der Waals surface area contributed by atoms with Gasteiger partial charge in [0.2, 0.25) is 0 Å². The highest BCUT2D eigenvalue weighted by molar-refractivity contribution is 5.93. The van der Waals surface area contributed by atoms with E-state index in [1.54, 1.807) is 40.7 Å². The van der Waals surface area contributed by atoms with E-state index >= 15 is 0 Å². The van der Waals surface area contributed by atoms with Crippen LogP contribution in [0.2, 0.25) is 0 Å². The maximum atomic E-state index is 11.9. The van der Waals surface area contributed by atoms with Gasteiger partial charge in [-0.3, -0.25) is 4.79 Å². The molecule has 0 unspecified atom stereocenters. The van der Waals surface area contributed by atoms with Gasteiger partial charge in [0.25, 0.3) is 5.91 Å². The number of carbonyl (C=O) groups excluding carboxylic acids is 1. The van der Waals surface area contributed by atoms with E-state index in [0.717, 1.165) is 5.56 Å². The molecule has 0 bridgehead atoms. The highest BCUT2D eigenvalue weighted by Gasteiger charge is 2.37. The Labute approximate surface area is 95.7 Å². The van der Waals surface area contributed by atoms with E-state index < -0.39 is 11.1 Å². The number of hydrogen-bond acceptors (Lipinski definition) is 3. The summed E-state index contributed by atoms with van der Waals surface area (Å²) in [6, 6.07) is 1.73. The van der Waals surface area contributed by atoms with Gasteiger partial charge in [0.05, 0.1) is 17.4 Å². The van der Waals surface area contributed by atoms with E-state index in [2.05, 4.69) is 5.32 Å². The third-order valence-corrected chi connectivity index (χ3v) is 3.02. The van der Waals surface area contributed by atoms with Crippen molar-refractivity contribution < 1.29 is 14.3 Å². The number of rotatable bonds is 3. The molecule has 1 rings (SSSR count). The zero-order valence-corrected chi connectivity index (χ0v) is 10.4. The summed E-state index contributed by atoms with van der Waals surface area (Å²) in [5.41, 5.74) is -0.962. The molecule has 16 heavy (non-hydrogen) atoms. The SMILES string of the molecule is Cc1ccoc1C(=O)NC(C)(C)C(C)(C)O. The van der Waals surface area contributed by atoms with Gasteiger partial charge in [-0.05, 0) is 40.7 Å². The van der Waals surface area contributed by atoms with Crippen molar-refractivity contribution in [1.29, 1.82) is 0 Å². The topological polar surface area (TPSA) is 62.5 Å². The Bertz CT molecular complexity index is 385. The van der Waals surface area contributed by atoms with E-state index in [1.165, 1.54) is 6.26 Å². The first-order chi connectivity index (χ1) is 7.15. The third-order valence-electron chi connectivity index (χ3n) is 3.02. The molecular weight excluding hydrogens is 206 g/mol. The number of aryl methyl sites for hydroxylation is 1. The van der Waals surface area contributed by atoms with E-state index in [0.29, 0.717) is 0 Å². The van der Waals surface area contributed by atoms with Crippen molar-refractivity contribution in [3.63, 3.8) is 0 Å². The van der Waals surface area contributed by atoms with Crippen molar-refractivity contribution in [2.45, 2.75) is 45.8 Å². The zero-order chi connectivity index (χ0) is 12.6. The van der Waals surface area contributed by atoms with Crippen LogP contribution in [0, 0.1) is 6.92 Å². The molecule has 1 aromatic rings. The summed E-state index contributed by atoms with van der Waals surface area (Å²) >= 11 is 0. The molecule has 0 spiro atoms. The van der Waals surface area contributed by atoms with Crippen molar-refractivity contribution >= 4 is 5.91 Å². The molecule has 0 aliphatic carbocycles. The second kappa shape index (κ2) is 3.94. The second-order valence-corrected chi connectivity index (χ2v) is 5.07. The van der Waals surface area contributed by atoms with Gasteiger partial charge in [-0.2, -0.15) is 0 Å². The molecule has 0 atom stereocenters. The summed E-state index contributed by atoms with van der Waals surface area (Å²) in [5.74, 6) is -0.0213. The summed E-state index contributed by atoms with van der Waals surface area (Å²) in [6.07, 6.45) is 1.47. The summed E-state index contributed by atoms with van der Waals surface area (Å²) < 4.78 is 5.09. The third kappa shape index (κ3) is 2.44. The molecule has 1 heterocycles. The normalized spacial score (nSPS) is 12.6. The number of aliphatic hydroxyl groups is 1. The van der Waals surface area contributed by atoms with E-state index in [1.807, 2.05) is 0 Å². The van der Waals surface area contributed by atoms with Crippen LogP contribution in [0.1, 0.15) is 43.8 Å². The predicted molar refractivity (Wildman–Crippen MR) is 61.3 cm³/mol. The minimum atomic E-state index is -1.01. The van der Waals surface area contributed by atoms with E-state index in [9.17, 15) is 9.90 Å². The maximum Gasteiger partial charge on any atom is 0.287 e. The molecule has 0 saturated carbocycles. The average molecular weight is 225 g/mol. The Kier molecular flexibility index (Phi) is 3.15. The van der Waals surface area contributed by atoms with Crippen molar-refractivity contribution in [1.82, 2.24) is 5.32 Å². The lowest BCUT2D eigenvalue weighted by atomic mass is 9.86. The first-order valence-corrected chi connectivity index (χ1v) is 5.24. The molecule has 1 aromatic heterocycles. The van der Waals surface area contributed by atoms with Crippen LogP contribution in [0.5, 0.6) is 0 Å². The highest BCUT2D eigenvalue weighted by atomic mass is 16.3. The van der Waals surface area contributed by atoms with Gasteiger partial charge in [-0.1, -0.05) is 0 Å². The van der Waals surface area contributed by atoms with Crippen LogP contribution in [-0.2, 0) is 0 Å². The molecule has 2 N–H and O–H groups in total. The monoisotopic (exact) mass is 225 g/mol. The van der Waals surface area contributed by atoms with Crippen LogP contribution in [0.3, 0.4) is 0 Å². The molecule has 0 radical (unpaired) electrons. The van der Waals surface area contributed by atoms with Crippen LogP contribution in [0.25, 0.3) is 0 Å². The van der Waals surface area contributed by atoms with Gasteiger partial charge in [0, 0.05) is 5.56 Å². The number of amides is 1. The van der Waals surface area contributed by atoms with E-state index in [4.69, 9.17) is 4.42 Å². The molecule has 1 amide bonds. The minimum Gasteiger partial charge on any atom is -0.459 e. The van der Waals surface area contributed by atoms with Gasteiger partial charge < -0.3 is 14.8 Å². The molecule has 0 saturated heterocycles. The van der Waals surface area contributed by atoms with Gasteiger partial charge in [0.15, 0.2) is 5.76 Å². The molecule has 90 valence electrons. The molecule has 4 nitrogen and oxygen atoms in total. The van der Waals surface area contributed by atoms with Crippen LogP contribution >= 0.6 is 0 Å². The van der Waals surface area contributed by atoms with E-state index in [-0.39, 0.29) is 11.7 Å². The Hall–Kier alpha value is -1.29. The van der Waals surface area contributed by atoms with Crippen molar-refractivity contribution in [2.75, 3.05) is 0 Å². The highest BCUT2D eigenvalue weighted by Crippen LogP contribution is 2.21. The fraction of sp³-hybridized carbons (Fsp3) is 0.583. The summed E-state index contributed by atoms with van der Waals surface area (Å²) in [6.45, 7) is 8.65. The zero-order valence-electron chi connectivity index (χ0n) is 10.4. The minimum absolute atomic E-state index is 0.289. The number of carbonyl (C=O) groups is 1. The van der Waals surface area contributed by atoms with Crippen LogP contribution < -0.4 is 5.32 Å². The maximum absolute atomic E-state index is 11.9. The standard InChI is InChI=1S/C12H19NO3/c1-8-6-7-16-9(8)10(14)13-11(2,3)12(4,5)15/h6-7,15H,1-5H3,(H,13,14). The summed E-state index contributed by atoms with van der Waals surface area (Å²) in [7, 11) is 0. The quantitative estimate of drug-likeness (QED) is 0.825. The van der Waals surface area contributed by atoms with Gasteiger partial charge in [-0.15, -0.1) is 0 Å². The average Bonchev–Trinajstić information content (AvgIpc) is 2.48. The Morgan fingerprint density at radius 2 is 1.94 bits per heavy atom. The lowest BCUT2D eigenvalue weighted by Crippen LogP contribution is -2.57. The van der Waals surface area contributed by atoms with Crippen molar-refractivity contribution in [3.05, 3.63) is 23.7 Å². The lowest BCUT2D eigenvalue weighted by Gasteiger charge is -2.37. The molecule has 0 aromatic carbocycles. The molecule has 4 heteroatoms. The van der Waals surface area contributed by atoms with Crippen molar-refractivity contribution in [2.24, 2.45) is 0 Å². The van der Waals surface area contributed by atoms with Gasteiger partial charge in [-0.25, -0.2) is 0 Å². The van der Waals surface area contributed by atoms with Gasteiger partial charge in [0.1, 0.15) is 0 Å². The van der Waals surface area contributed by atoms with Crippen LogP contribution in [-0.4, -0.2) is 22.2 Å². The first kappa shape index (κ1) is 12.8. The van der Waals surface area contributed by atoms with Crippen molar-refractivity contribution in [3.8, 4) is 0 Å². The Morgan fingerprint density at radius 1 is 1.38 bits per heavy atom. The fourth-order valence-electron chi connectivity index (χ4n) is 1.10. The molecular formula is C12H19NO3. The van der Waals surface area contributed by atoms with Crippen LogP contribution in [0.15, 0.2) is 16.7 Å². The Morgan fingerprint density at radius 3 is 2.31 bits per heavy atom. The Balaban J connectivity index is 2.84. The number of nitrogens with one attached hydrogen (secondary N) is 1. The molecule has 0 aliphatic rings. The first-order valence-electron chi connectivity index (χ1n) is 5.24. The summed E-state index contributed by atoms with van der Waals surface area (Å²) in [5, 5.41) is 12.7. The fourth-order valence-corrected chi connectivity index (χ4v) is 1.10. The van der Waals surface area contributed by atoms with Crippen LogP contribution in [0.4, 0.5) is 0 Å².